The average Bonchev–Trinajstić information content (AvgIpc) is 2.96. The minimum atomic E-state index is -0.938. The van der Waals surface area contributed by atoms with E-state index in [0.717, 1.165) is 33.4 Å². The van der Waals surface area contributed by atoms with Crippen LogP contribution in [0, 0.1) is 0 Å². The second-order valence-electron chi connectivity index (χ2n) is 6.15. The lowest BCUT2D eigenvalue weighted by atomic mass is 9.89. The number of nitrogens with one attached hydrogen (secondary N) is 1. The normalized spacial score (nSPS) is 12.8. The first kappa shape index (κ1) is 15.8. The molecule has 0 unspecified atom stereocenters. The first-order chi connectivity index (χ1) is 12.1. The third-order valence-electron chi connectivity index (χ3n) is 4.59. The number of thiophene rings is 1. The Hall–Kier alpha value is -2.67. The predicted molar refractivity (Wildman–Crippen MR) is 96.4 cm³/mol. The lowest BCUT2D eigenvalue weighted by Gasteiger charge is -2.16. The van der Waals surface area contributed by atoms with Gasteiger partial charge in [-0.2, -0.15) is 0 Å². The molecule has 6 nitrogen and oxygen atoms in total. The minimum absolute atomic E-state index is 0.0749. The van der Waals surface area contributed by atoms with Crippen LogP contribution in [0.2, 0.25) is 0 Å². The molecular weight excluding hydrogens is 340 g/mol. The van der Waals surface area contributed by atoms with Crippen LogP contribution in [0.4, 0.5) is 0 Å². The van der Waals surface area contributed by atoms with Gasteiger partial charge < -0.3 is 5.11 Å². The Labute approximate surface area is 146 Å². The Kier molecular flexibility index (Phi) is 3.80. The van der Waals surface area contributed by atoms with Crippen molar-refractivity contribution in [2.24, 2.45) is 0 Å². The molecule has 0 fully saturated rings. The number of aromatic nitrogens is 2. The highest BCUT2D eigenvalue weighted by atomic mass is 32.1. The summed E-state index contributed by atoms with van der Waals surface area (Å²) in [6, 6.07) is 8.02. The molecule has 7 heteroatoms. The smallest absolute Gasteiger partial charge is 0.329 e. The van der Waals surface area contributed by atoms with E-state index in [-0.39, 0.29) is 24.9 Å². The first-order valence-corrected chi connectivity index (χ1v) is 8.96. The van der Waals surface area contributed by atoms with E-state index in [2.05, 4.69) is 11.1 Å². The monoisotopic (exact) mass is 356 g/mol. The van der Waals surface area contributed by atoms with E-state index < -0.39 is 11.7 Å². The van der Waals surface area contributed by atoms with E-state index in [1.54, 1.807) is 0 Å². The third kappa shape index (κ3) is 2.60. The molecule has 0 saturated carbocycles. The van der Waals surface area contributed by atoms with Gasteiger partial charge in [-0.25, -0.2) is 4.79 Å². The molecule has 0 saturated heterocycles. The number of aliphatic carboxylic acids is 1. The zero-order chi connectivity index (χ0) is 17.6. The number of H-pyrrole nitrogens is 1. The summed E-state index contributed by atoms with van der Waals surface area (Å²) < 4.78 is 1.12. The van der Waals surface area contributed by atoms with Crippen molar-refractivity contribution in [3.8, 4) is 11.1 Å². The number of hydrogen-bond acceptors (Lipinski definition) is 4. The highest BCUT2D eigenvalue weighted by Crippen LogP contribution is 2.41. The van der Waals surface area contributed by atoms with Crippen molar-refractivity contribution in [1.82, 2.24) is 9.55 Å². The van der Waals surface area contributed by atoms with Gasteiger partial charge >= 0.3 is 11.7 Å². The number of hydrogen-bond donors (Lipinski definition) is 2. The van der Waals surface area contributed by atoms with E-state index in [4.69, 9.17) is 5.11 Å². The largest absolute Gasteiger partial charge is 0.481 e. The van der Waals surface area contributed by atoms with Gasteiger partial charge in [0.15, 0.2) is 0 Å². The number of carboxylic acid groups (broad SMARTS) is 1. The molecule has 4 rings (SSSR count). The number of carbonyl (C=O) groups is 1. The molecule has 128 valence electrons. The summed E-state index contributed by atoms with van der Waals surface area (Å²) in [5.74, 6) is -0.938. The molecule has 1 aliphatic rings. The minimum Gasteiger partial charge on any atom is -0.481 e. The van der Waals surface area contributed by atoms with E-state index in [0.29, 0.717) is 10.2 Å². The Bertz CT molecular complexity index is 1110. The van der Waals surface area contributed by atoms with Crippen molar-refractivity contribution in [1.29, 1.82) is 0 Å². The number of carboxylic acids is 1. The Morgan fingerprint density at radius 3 is 2.84 bits per heavy atom. The van der Waals surface area contributed by atoms with Gasteiger partial charge in [-0.05, 0) is 30.4 Å². The SMILES string of the molecule is O=C(O)CCCn1c(=O)[nH]c2sc3c(c2c1=O)-c1ccccc1CC3. The van der Waals surface area contributed by atoms with Gasteiger partial charge in [-0.15, -0.1) is 11.3 Å². The molecule has 2 N–H and O–H groups in total. The summed E-state index contributed by atoms with van der Waals surface area (Å²) in [6.07, 6.45) is 1.94. The van der Waals surface area contributed by atoms with Crippen LogP contribution < -0.4 is 11.2 Å². The summed E-state index contributed by atoms with van der Waals surface area (Å²) in [4.78, 5) is 40.4. The van der Waals surface area contributed by atoms with E-state index in [9.17, 15) is 14.4 Å². The van der Waals surface area contributed by atoms with Crippen molar-refractivity contribution in [3.63, 3.8) is 0 Å². The second-order valence-corrected chi connectivity index (χ2v) is 7.25. The zero-order valence-electron chi connectivity index (χ0n) is 13.4. The molecule has 0 spiro atoms. The van der Waals surface area contributed by atoms with Crippen molar-refractivity contribution < 1.29 is 9.90 Å². The van der Waals surface area contributed by atoms with Gasteiger partial charge in [0.2, 0.25) is 0 Å². The van der Waals surface area contributed by atoms with Gasteiger partial charge in [-0.1, -0.05) is 24.3 Å². The lowest BCUT2D eigenvalue weighted by molar-refractivity contribution is -0.137. The summed E-state index contributed by atoms with van der Waals surface area (Å²) in [7, 11) is 0. The number of aromatic amines is 1. The first-order valence-electron chi connectivity index (χ1n) is 8.15. The van der Waals surface area contributed by atoms with Crippen LogP contribution in [-0.4, -0.2) is 20.6 Å². The molecule has 0 amide bonds. The molecule has 0 atom stereocenters. The maximum Gasteiger partial charge on any atom is 0.329 e. The van der Waals surface area contributed by atoms with Crippen LogP contribution >= 0.6 is 11.3 Å². The molecule has 2 heterocycles. The van der Waals surface area contributed by atoms with Crippen molar-refractivity contribution in [2.45, 2.75) is 32.2 Å². The molecule has 2 aromatic heterocycles. The molecule has 25 heavy (non-hydrogen) atoms. The number of rotatable bonds is 4. The van der Waals surface area contributed by atoms with Gasteiger partial charge in [0.1, 0.15) is 4.83 Å². The van der Waals surface area contributed by atoms with Crippen LogP contribution in [-0.2, 0) is 24.2 Å². The van der Waals surface area contributed by atoms with Gasteiger partial charge in [0.25, 0.3) is 5.56 Å². The number of fused-ring (bicyclic) bond motifs is 5. The summed E-state index contributed by atoms with van der Waals surface area (Å²) in [5, 5.41) is 9.31. The fraction of sp³-hybridized carbons (Fsp3) is 0.278. The number of benzene rings is 1. The standard InChI is InChI=1S/C18H16N2O4S/c21-13(22)6-3-9-20-17(23)15-14-11-5-2-1-4-10(11)7-8-12(14)25-16(15)19-18(20)24/h1-2,4-5H,3,6-9H2,(H,19,24)(H,21,22). The third-order valence-corrected chi connectivity index (χ3v) is 5.75. The highest BCUT2D eigenvalue weighted by Gasteiger charge is 2.24. The summed E-state index contributed by atoms with van der Waals surface area (Å²) in [6.45, 7) is 0.0999. The van der Waals surface area contributed by atoms with E-state index in [1.165, 1.54) is 16.9 Å². The molecule has 0 bridgehead atoms. The summed E-state index contributed by atoms with van der Waals surface area (Å²) in [5.41, 5.74) is 2.37. The fourth-order valence-electron chi connectivity index (χ4n) is 3.44. The lowest BCUT2D eigenvalue weighted by Crippen LogP contribution is -2.35. The van der Waals surface area contributed by atoms with Crippen molar-refractivity contribution >= 4 is 27.5 Å². The van der Waals surface area contributed by atoms with Crippen LogP contribution in [0.1, 0.15) is 23.3 Å². The quantitative estimate of drug-likeness (QED) is 0.751. The van der Waals surface area contributed by atoms with Crippen LogP contribution in [0.15, 0.2) is 33.9 Å². The topological polar surface area (TPSA) is 92.2 Å². The van der Waals surface area contributed by atoms with Gasteiger partial charge in [0.05, 0.1) is 5.39 Å². The van der Waals surface area contributed by atoms with E-state index in [1.807, 2.05) is 18.2 Å². The molecule has 0 radical (unpaired) electrons. The van der Waals surface area contributed by atoms with Gasteiger partial charge in [-0.3, -0.25) is 19.1 Å². The van der Waals surface area contributed by atoms with E-state index >= 15 is 0 Å². The van der Waals surface area contributed by atoms with Crippen molar-refractivity contribution in [3.05, 3.63) is 55.5 Å². The maximum atomic E-state index is 13.0. The Morgan fingerprint density at radius 1 is 1.24 bits per heavy atom. The Morgan fingerprint density at radius 2 is 2.04 bits per heavy atom. The van der Waals surface area contributed by atoms with Gasteiger partial charge in [0, 0.05) is 23.4 Å². The zero-order valence-corrected chi connectivity index (χ0v) is 14.2. The summed E-state index contributed by atoms with van der Waals surface area (Å²) >= 11 is 1.47. The second kappa shape index (κ2) is 6.00. The van der Waals surface area contributed by atoms with Crippen LogP contribution in [0.5, 0.6) is 0 Å². The number of aryl methyl sites for hydroxylation is 2. The van der Waals surface area contributed by atoms with Crippen molar-refractivity contribution in [2.75, 3.05) is 0 Å². The highest BCUT2D eigenvalue weighted by molar-refractivity contribution is 7.19. The molecular formula is C18H16N2O4S. The molecule has 1 aliphatic carbocycles. The number of nitrogens with zero attached hydrogens (tertiary/aromatic N) is 1. The fourth-order valence-corrected chi connectivity index (χ4v) is 4.64. The van der Waals surface area contributed by atoms with Crippen LogP contribution in [0.25, 0.3) is 21.3 Å². The Balaban J connectivity index is 1.91. The molecule has 1 aromatic carbocycles. The predicted octanol–water partition coefficient (Wildman–Crippen LogP) is 2.38. The average molecular weight is 356 g/mol. The molecule has 0 aliphatic heterocycles. The van der Waals surface area contributed by atoms with Crippen LogP contribution in [0.3, 0.4) is 0 Å². The maximum absolute atomic E-state index is 13.0. The molecule has 3 aromatic rings.